The second kappa shape index (κ2) is 5.54. The molecule has 1 N–H and O–H groups in total. The second-order valence-corrected chi connectivity index (χ2v) is 6.57. The first-order chi connectivity index (χ1) is 9.69. The zero-order valence-corrected chi connectivity index (χ0v) is 13.0. The minimum absolute atomic E-state index is 0.590. The third-order valence-corrected chi connectivity index (χ3v) is 5.02. The standard InChI is InChI=1S/C16H20N2OS/c1-10-8-12(4-5-14(10)19-3)15-11(2)20-16(18-15)13-6-7-17-9-13/h4-5,8,13,17H,6-7,9H2,1-3H3. The molecule has 0 saturated carbocycles. The van der Waals surface area contributed by atoms with Gasteiger partial charge in [0.05, 0.1) is 17.8 Å². The minimum Gasteiger partial charge on any atom is -0.496 e. The number of hydrogen-bond donors (Lipinski definition) is 1. The summed E-state index contributed by atoms with van der Waals surface area (Å²) in [6, 6.07) is 6.29. The quantitative estimate of drug-likeness (QED) is 0.938. The highest BCUT2D eigenvalue weighted by Gasteiger charge is 2.21. The lowest BCUT2D eigenvalue weighted by molar-refractivity contribution is 0.412. The molecule has 1 aromatic heterocycles. The van der Waals surface area contributed by atoms with Crippen molar-refractivity contribution in [1.29, 1.82) is 0 Å². The van der Waals surface area contributed by atoms with Crippen molar-refractivity contribution in [2.75, 3.05) is 20.2 Å². The number of aromatic nitrogens is 1. The molecule has 1 saturated heterocycles. The summed E-state index contributed by atoms with van der Waals surface area (Å²) in [6.45, 7) is 6.42. The van der Waals surface area contributed by atoms with E-state index in [0.29, 0.717) is 5.92 Å². The molecule has 1 aromatic carbocycles. The Hall–Kier alpha value is -1.39. The SMILES string of the molecule is COc1ccc(-c2nc(C3CCNC3)sc2C)cc1C. The van der Waals surface area contributed by atoms with Gasteiger partial charge in [-0.15, -0.1) is 11.3 Å². The average molecular weight is 288 g/mol. The van der Waals surface area contributed by atoms with E-state index in [1.165, 1.54) is 21.9 Å². The van der Waals surface area contributed by atoms with Crippen molar-refractivity contribution < 1.29 is 4.74 Å². The van der Waals surface area contributed by atoms with Crippen LogP contribution >= 0.6 is 11.3 Å². The molecule has 20 heavy (non-hydrogen) atoms. The summed E-state index contributed by atoms with van der Waals surface area (Å²) in [5, 5.41) is 4.69. The van der Waals surface area contributed by atoms with E-state index >= 15 is 0 Å². The average Bonchev–Trinajstić information content (AvgIpc) is 3.07. The summed E-state index contributed by atoms with van der Waals surface area (Å²) >= 11 is 1.84. The molecule has 3 nitrogen and oxygen atoms in total. The monoisotopic (exact) mass is 288 g/mol. The van der Waals surface area contributed by atoms with E-state index in [-0.39, 0.29) is 0 Å². The Labute approximate surface area is 124 Å². The van der Waals surface area contributed by atoms with Gasteiger partial charge in [0, 0.05) is 22.9 Å². The molecule has 0 radical (unpaired) electrons. The van der Waals surface area contributed by atoms with Gasteiger partial charge in [-0.05, 0) is 50.6 Å². The van der Waals surface area contributed by atoms with Gasteiger partial charge in [-0.1, -0.05) is 0 Å². The summed E-state index contributed by atoms with van der Waals surface area (Å²) in [5.74, 6) is 1.52. The number of nitrogens with one attached hydrogen (secondary N) is 1. The van der Waals surface area contributed by atoms with Gasteiger partial charge in [-0.25, -0.2) is 4.98 Å². The maximum atomic E-state index is 5.33. The van der Waals surface area contributed by atoms with Crippen molar-refractivity contribution in [2.45, 2.75) is 26.2 Å². The Morgan fingerprint density at radius 1 is 1.35 bits per heavy atom. The van der Waals surface area contributed by atoms with E-state index in [4.69, 9.17) is 9.72 Å². The van der Waals surface area contributed by atoms with Gasteiger partial charge in [0.15, 0.2) is 0 Å². The van der Waals surface area contributed by atoms with Crippen molar-refractivity contribution in [3.8, 4) is 17.0 Å². The Morgan fingerprint density at radius 2 is 2.20 bits per heavy atom. The zero-order chi connectivity index (χ0) is 14.1. The summed E-state index contributed by atoms with van der Waals surface area (Å²) in [7, 11) is 1.71. The third-order valence-electron chi connectivity index (χ3n) is 3.89. The van der Waals surface area contributed by atoms with Crippen LogP contribution in [0.2, 0.25) is 0 Å². The fourth-order valence-electron chi connectivity index (χ4n) is 2.75. The lowest BCUT2D eigenvalue weighted by atomic mass is 10.1. The van der Waals surface area contributed by atoms with Crippen LogP contribution in [0, 0.1) is 13.8 Å². The van der Waals surface area contributed by atoms with Crippen LogP contribution in [0.25, 0.3) is 11.3 Å². The fourth-order valence-corrected chi connectivity index (χ4v) is 3.83. The molecule has 1 aliphatic heterocycles. The number of methoxy groups -OCH3 is 1. The molecular weight excluding hydrogens is 268 g/mol. The Balaban J connectivity index is 1.95. The smallest absolute Gasteiger partial charge is 0.121 e. The molecule has 2 heterocycles. The summed E-state index contributed by atoms with van der Waals surface area (Å²) in [6.07, 6.45) is 1.20. The first-order valence-corrected chi connectivity index (χ1v) is 7.83. The van der Waals surface area contributed by atoms with Gasteiger partial charge in [0.25, 0.3) is 0 Å². The highest BCUT2D eigenvalue weighted by atomic mass is 32.1. The fraction of sp³-hybridized carbons (Fsp3) is 0.438. The number of ether oxygens (including phenoxy) is 1. The van der Waals surface area contributed by atoms with Crippen LogP contribution in [0.15, 0.2) is 18.2 Å². The minimum atomic E-state index is 0.590. The number of nitrogens with zero attached hydrogens (tertiary/aromatic N) is 1. The first kappa shape index (κ1) is 13.6. The summed E-state index contributed by atoms with van der Waals surface area (Å²) in [4.78, 5) is 6.20. The predicted octanol–water partition coefficient (Wildman–Crippen LogP) is 3.51. The molecule has 1 atom stereocenters. The zero-order valence-electron chi connectivity index (χ0n) is 12.2. The van der Waals surface area contributed by atoms with E-state index < -0.39 is 0 Å². The van der Waals surface area contributed by atoms with Crippen LogP contribution in [-0.2, 0) is 0 Å². The summed E-state index contributed by atoms with van der Waals surface area (Å²) in [5.41, 5.74) is 3.47. The van der Waals surface area contributed by atoms with Gasteiger partial charge in [0.2, 0.25) is 0 Å². The topological polar surface area (TPSA) is 34.1 Å². The van der Waals surface area contributed by atoms with E-state index in [1.807, 2.05) is 17.4 Å². The molecule has 0 bridgehead atoms. The van der Waals surface area contributed by atoms with Crippen LogP contribution in [0.3, 0.4) is 0 Å². The first-order valence-electron chi connectivity index (χ1n) is 7.02. The van der Waals surface area contributed by atoms with Crippen LogP contribution in [0.5, 0.6) is 5.75 Å². The van der Waals surface area contributed by atoms with E-state index in [1.54, 1.807) is 7.11 Å². The molecule has 106 valence electrons. The summed E-state index contributed by atoms with van der Waals surface area (Å²) < 4.78 is 5.33. The van der Waals surface area contributed by atoms with Gasteiger partial charge in [0.1, 0.15) is 5.75 Å². The van der Waals surface area contributed by atoms with Gasteiger partial charge >= 0.3 is 0 Å². The molecule has 0 aliphatic carbocycles. The largest absolute Gasteiger partial charge is 0.496 e. The Morgan fingerprint density at radius 3 is 2.85 bits per heavy atom. The van der Waals surface area contributed by atoms with Crippen LogP contribution < -0.4 is 10.1 Å². The Bertz CT molecular complexity index is 615. The van der Waals surface area contributed by atoms with Crippen LogP contribution in [0.1, 0.15) is 27.8 Å². The van der Waals surface area contributed by atoms with Gasteiger partial charge in [-0.3, -0.25) is 0 Å². The molecule has 1 aliphatic rings. The molecule has 4 heteroatoms. The maximum absolute atomic E-state index is 5.33. The number of rotatable bonds is 3. The van der Waals surface area contributed by atoms with Crippen molar-refractivity contribution in [3.63, 3.8) is 0 Å². The van der Waals surface area contributed by atoms with Crippen LogP contribution in [-0.4, -0.2) is 25.2 Å². The molecule has 0 amide bonds. The molecule has 0 spiro atoms. The molecule has 1 fully saturated rings. The normalized spacial score (nSPS) is 18.4. The van der Waals surface area contributed by atoms with Crippen molar-refractivity contribution in [1.82, 2.24) is 10.3 Å². The molecule has 3 rings (SSSR count). The molecule has 1 unspecified atom stereocenters. The second-order valence-electron chi connectivity index (χ2n) is 5.33. The molecular formula is C16H20N2OS. The Kier molecular flexibility index (Phi) is 3.76. The lowest BCUT2D eigenvalue weighted by Gasteiger charge is -2.06. The van der Waals surface area contributed by atoms with Crippen molar-refractivity contribution in [2.24, 2.45) is 0 Å². The van der Waals surface area contributed by atoms with Crippen molar-refractivity contribution >= 4 is 11.3 Å². The van der Waals surface area contributed by atoms with Crippen LogP contribution in [0.4, 0.5) is 0 Å². The molecule has 2 aromatic rings. The van der Waals surface area contributed by atoms with Crippen molar-refractivity contribution in [3.05, 3.63) is 33.6 Å². The lowest BCUT2D eigenvalue weighted by Crippen LogP contribution is -2.07. The highest BCUT2D eigenvalue weighted by Crippen LogP contribution is 2.34. The predicted molar refractivity (Wildman–Crippen MR) is 83.8 cm³/mol. The number of thiazole rings is 1. The number of aryl methyl sites for hydroxylation is 2. The number of benzene rings is 1. The van der Waals surface area contributed by atoms with E-state index in [0.717, 1.165) is 30.1 Å². The van der Waals surface area contributed by atoms with Gasteiger partial charge in [-0.2, -0.15) is 0 Å². The third kappa shape index (κ3) is 2.45. The maximum Gasteiger partial charge on any atom is 0.121 e. The van der Waals surface area contributed by atoms with E-state index in [2.05, 4.69) is 31.3 Å². The number of hydrogen-bond acceptors (Lipinski definition) is 4. The highest BCUT2D eigenvalue weighted by molar-refractivity contribution is 7.12. The van der Waals surface area contributed by atoms with E-state index in [9.17, 15) is 0 Å². The van der Waals surface area contributed by atoms with Gasteiger partial charge < -0.3 is 10.1 Å².